The van der Waals surface area contributed by atoms with Crippen molar-refractivity contribution in [3.05, 3.63) is 35.4 Å². The fourth-order valence-electron chi connectivity index (χ4n) is 2.42. The zero-order chi connectivity index (χ0) is 14.0. The minimum atomic E-state index is -0.697. The molecule has 0 radical (unpaired) electrons. The molecule has 0 aliphatic carbocycles. The van der Waals surface area contributed by atoms with Crippen molar-refractivity contribution in [2.24, 2.45) is 0 Å². The lowest BCUT2D eigenvalue weighted by Gasteiger charge is -2.37. The Morgan fingerprint density at radius 2 is 1.95 bits per heavy atom. The lowest BCUT2D eigenvalue weighted by Crippen LogP contribution is -2.52. The standard InChI is InChI=1S/C15H16N2O2/c1-15(2)12-8-4-3-7-11(12)13(18)17(14(15)19)10-6-5-9-16/h3-4,7-8H,5-6,10H2,1-2H3. The summed E-state index contributed by atoms with van der Waals surface area (Å²) in [5.41, 5.74) is 0.669. The number of nitrogens with zero attached hydrogens (tertiary/aromatic N) is 2. The molecule has 0 N–H and O–H groups in total. The second-order valence-electron chi connectivity index (χ2n) is 5.19. The molecule has 0 atom stereocenters. The van der Waals surface area contributed by atoms with Gasteiger partial charge in [-0.2, -0.15) is 5.26 Å². The lowest BCUT2D eigenvalue weighted by atomic mass is 9.77. The molecule has 4 nitrogen and oxygen atoms in total. The van der Waals surface area contributed by atoms with Crippen molar-refractivity contribution in [2.45, 2.75) is 32.1 Å². The van der Waals surface area contributed by atoms with Crippen LogP contribution in [0.5, 0.6) is 0 Å². The first-order valence-corrected chi connectivity index (χ1v) is 6.33. The smallest absolute Gasteiger partial charge is 0.260 e. The van der Waals surface area contributed by atoms with E-state index in [-0.39, 0.29) is 11.8 Å². The van der Waals surface area contributed by atoms with Crippen molar-refractivity contribution in [3.63, 3.8) is 0 Å². The number of hydrogen-bond acceptors (Lipinski definition) is 3. The third kappa shape index (κ3) is 2.12. The Morgan fingerprint density at radius 3 is 2.63 bits per heavy atom. The summed E-state index contributed by atoms with van der Waals surface area (Å²) >= 11 is 0. The highest BCUT2D eigenvalue weighted by molar-refractivity contribution is 6.12. The van der Waals surface area contributed by atoms with E-state index in [1.54, 1.807) is 12.1 Å². The summed E-state index contributed by atoms with van der Waals surface area (Å²) in [6, 6.07) is 9.25. The van der Waals surface area contributed by atoms with Gasteiger partial charge in [-0.25, -0.2) is 0 Å². The van der Waals surface area contributed by atoms with Gasteiger partial charge in [-0.3, -0.25) is 14.5 Å². The van der Waals surface area contributed by atoms with E-state index in [1.165, 1.54) is 4.90 Å². The highest BCUT2D eigenvalue weighted by Gasteiger charge is 2.43. The number of fused-ring (bicyclic) bond motifs is 1. The van der Waals surface area contributed by atoms with E-state index in [4.69, 9.17) is 5.26 Å². The molecule has 0 unspecified atom stereocenters. The molecule has 1 heterocycles. The molecule has 0 aromatic heterocycles. The van der Waals surface area contributed by atoms with E-state index >= 15 is 0 Å². The number of benzene rings is 1. The Morgan fingerprint density at radius 1 is 1.26 bits per heavy atom. The number of rotatable bonds is 3. The molecule has 0 fully saturated rings. The summed E-state index contributed by atoms with van der Waals surface area (Å²) in [5, 5.41) is 8.55. The second-order valence-corrected chi connectivity index (χ2v) is 5.19. The van der Waals surface area contributed by atoms with Crippen molar-refractivity contribution in [3.8, 4) is 6.07 Å². The molecule has 19 heavy (non-hydrogen) atoms. The van der Waals surface area contributed by atoms with Crippen LogP contribution in [0.1, 0.15) is 42.6 Å². The van der Waals surface area contributed by atoms with Gasteiger partial charge in [0.25, 0.3) is 5.91 Å². The largest absolute Gasteiger partial charge is 0.278 e. The average molecular weight is 256 g/mol. The van der Waals surface area contributed by atoms with Gasteiger partial charge in [0, 0.05) is 18.5 Å². The fourth-order valence-corrected chi connectivity index (χ4v) is 2.42. The summed E-state index contributed by atoms with van der Waals surface area (Å²) in [6.45, 7) is 3.97. The van der Waals surface area contributed by atoms with Crippen LogP contribution in [0.4, 0.5) is 0 Å². The molecule has 0 bridgehead atoms. The van der Waals surface area contributed by atoms with Crippen LogP contribution in [0, 0.1) is 11.3 Å². The zero-order valence-electron chi connectivity index (χ0n) is 11.1. The fraction of sp³-hybridized carbons (Fsp3) is 0.400. The van der Waals surface area contributed by atoms with E-state index in [1.807, 2.05) is 32.0 Å². The van der Waals surface area contributed by atoms with Crippen molar-refractivity contribution in [1.29, 1.82) is 5.26 Å². The van der Waals surface area contributed by atoms with Gasteiger partial charge >= 0.3 is 0 Å². The first kappa shape index (κ1) is 13.3. The minimum Gasteiger partial charge on any atom is -0.278 e. The third-order valence-electron chi connectivity index (χ3n) is 3.53. The minimum absolute atomic E-state index is 0.186. The quantitative estimate of drug-likeness (QED) is 0.615. The van der Waals surface area contributed by atoms with Gasteiger partial charge in [0.15, 0.2) is 0 Å². The number of nitriles is 1. The van der Waals surface area contributed by atoms with E-state index in [2.05, 4.69) is 0 Å². The number of unbranched alkanes of at least 4 members (excludes halogenated alkanes) is 1. The molecule has 4 heteroatoms. The predicted octanol–water partition coefficient (Wildman–Crippen LogP) is 2.25. The van der Waals surface area contributed by atoms with Crippen molar-refractivity contribution < 1.29 is 9.59 Å². The van der Waals surface area contributed by atoms with Gasteiger partial charge in [0.2, 0.25) is 5.91 Å². The molecular formula is C15H16N2O2. The molecule has 98 valence electrons. The van der Waals surface area contributed by atoms with E-state index in [0.29, 0.717) is 24.9 Å². The SMILES string of the molecule is CC1(C)C(=O)N(CCCC#N)C(=O)c2ccccc21. The lowest BCUT2D eigenvalue weighted by molar-refractivity contribution is -0.134. The molecule has 0 saturated heterocycles. The van der Waals surface area contributed by atoms with Crippen LogP contribution in [0.25, 0.3) is 0 Å². The van der Waals surface area contributed by atoms with Crippen LogP contribution in [0.3, 0.4) is 0 Å². The Bertz CT molecular complexity index is 570. The topological polar surface area (TPSA) is 61.2 Å². The average Bonchev–Trinajstić information content (AvgIpc) is 2.41. The predicted molar refractivity (Wildman–Crippen MR) is 70.4 cm³/mol. The molecule has 0 spiro atoms. The molecule has 1 aromatic rings. The first-order chi connectivity index (χ1) is 9.00. The maximum Gasteiger partial charge on any atom is 0.260 e. The monoisotopic (exact) mass is 256 g/mol. The van der Waals surface area contributed by atoms with Crippen LogP contribution in [-0.4, -0.2) is 23.3 Å². The summed E-state index contributed by atoms with van der Waals surface area (Å²) in [4.78, 5) is 26.0. The number of carbonyl (C=O) groups is 2. The van der Waals surface area contributed by atoms with Crippen LogP contribution < -0.4 is 0 Å². The second kappa shape index (κ2) is 4.85. The molecule has 2 amide bonds. The maximum atomic E-state index is 12.4. The molecule has 1 aromatic carbocycles. The van der Waals surface area contributed by atoms with Gasteiger partial charge in [0.05, 0.1) is 11.5 Å². The van der Waals surface area contributed by atoms with Crippen LogP contribution in [0.2, 0.25) is 0 Å². The van der Waals surface area contributed by atoms with Gasteiger partial charge in [-0.1, -0.05) is 18.2 Å². The van der Waals surface area contributed by atoms with Gasteiger partial charge in [0.1, 0.15) is 0 Å². The first-order valence-electron chi connectivity index (χ1n) is 6.33. The Hall–Kier alpha value is -2.15. The van der Waals surface area contributed by atoms with E-state index in [9.17, 15) is 9.59 Å². The highest BCUT2D eigenvalue weighted by Crippen LogP contribution is 2.34. The molecular weight excluding hydrogens is 240 g/mol. The zero-order valence-corrected chi connectivity index (χ0v) is 11.1. The number of amides is 2. The summed E-state index contributed by atoms with van der Waals surface area (Å²) in [6.07, 6.45) is 0.866. The molecule has 2 rings (SSSR count). The van der Waals surface area contributed by atoms with Crippen LogP contribution in [-0.2, 0) is 10.2 Å². The number of hydrogen-bond donors (Lipinski definition) is 0. The van der Waals surface area contributed by atoms with Crippen molar-refractivity contribution in [1.82, 2.24) is 4.90 Å². The summed E-state index contributed by atoms with van der Waals surface area (Å²) < 4.78 is 0. The van der Waals surface area contributed by atoms with Crippen LogP contribution >= 0.6 is 0 Å². The van der Waals surface area contributed by atoms with E-state index in [0.717, 1.165) is 5.56 Å². The van der Waals surface area contributed by atoms with Gasteiger partial charge in [-0.15, -0.1) is 0 Å². The Kier molecular flexibility index (Phi) is 3.39. The van der Waals surface area contributed by atoms with Crippen LogP contribution in [0.15, 0.2) is 24.3 Å². The third-order valence-corrected chi connectivity index (χ3v) is 3.53. The number of imide groups is 1. The van der Waals surface area contributed by atoms with E-state index < -0.39 is 5.41 Å². The number of carbonyl (C=O) groups excluding carboxylic acids is 2. The molecule has 1 aliphatic rings. The van der Waals surface area contributed by atoms with Crippen molar-refractivity contribution in [2.75, 3.05) is 6.54 Å². The van der Waals surface area contributed by atoms with Crippen molar-refractivity contribution >= 4 is 11.8 Å². The Labute approximate surface area is 112 Å². The normalized spacial score (nSPS) is 17.0. The maximum absolute atomic E-state index is 12.4. The van der Waals surface area contributed by atoms with Gasteiger partial charge in [-0.05, 0) is 31.9 Å². The van der Waals surface area contributed by atoms with Gasteiger partial charge < -0.3 is 0 Å². The summed E-state index contributed by atoms with van der Waals surface area (Å²) in [7, 11) is 0. The molecule has 0 saturated carbocycles. The summed E-state index contributed by atoms with van der Waals surface area (Å²) in [5.74, 6) is -0.438. The highest BCUT2D eigenvalue weighted by atomic mass is 16.2. The molecule has 1 aliphatic heterocycles. The Balaban J connectivity index is 2.39.